The lowest BCUT2D eigenvalue weighted by Gasteiger charge is -2.29. The number of ether oxygens (including phenoxy) is 4. The van der Waals surface area contributed by atoms with Crippen molar-refractivity contribution in [2.45, 2.75) is 117 Å². The predicted octanol–water partition coefficient (Wildman–Crippen LogP) is 6.36. The molecule has 256 valence electrons. The Morgan fingerprint density at radius 2 is 1.24 bits per heavy atom. The molecule has 0 aliphatic heterocycles. The maximum atomic E-state index is 13.5. The molecule has 10 nitrogen and oxygen atoms in total. The van der Waals surface area contributed by atoms with Crippen molar-refractivity contribution in [1.82, 2.24) is 10.8 Å². The quantitative estimate of drug-likeness (QED) is 0.120. The molecule has 2 aromatic rings. The molecular formula is C35H52N2O8S. The number of carbonyl (C=O) groups is 3. The first-order valence-corrected chi connectivity index (χ1v) is 16.7. The van der Waals surface area contributed by atoms with Gasteiger partial charge in [0.2, 0.25) is 0 Å². The SMILES string of the molecule is CC(C)(C)ONC(=O)[C@H](OCc1ccccc1)[C@@H](CSCC[C@H](NC(=O)OC(C)(C)C)C(=O)OC(C)(C)C)OCc1ccccc1. The highest BCUT2D eigenvalue weighted by Gasteiger charge is 2.33. The Morgan fingerprint density at radius 1 is 0.717 bits per heavy atom. The van der Waals surface area contributed by atoms with Crippen molar-refractivity contribution in [1.29, 1.82) is 0 Å². The first-order valence-electron chi connectivity index (χ1n) is 15.5. The molecule has 2 aromatic carbocycles. The van der Waals surface area contributed by atoms with E-state index in [1.54, 1.807) is 41.5 Å². The second-order valence-corrected chi connectivity index (χ2v) is 15.0. The normalized spacial score (nSPS) is 14.1. The van der Waals surface area contributed by atoms with Crippen LogP contribution < -0.4 is 10.8 Å². The van der Waals surface area contributed by atoms with Crippen LogP contribution in [-0.2, 0) is 46.6 Å². The van der Waals surface area contributed by atoms with Crippen molar-refractivity contribution in [3.05, 3.63) is 71.8 Å². The smallest absolute Gasteiger partial charge is 0.408 e. The van der Waals surface area contributed by atoms with E-state index < -0.39 is 53.0 Å². The molecule has 0 aromatic heterocycles. The topological polar surface area (TPSA) is 121 Å². The number of hydrogen-bond donors (Lipinski definition) is 2. The number of esters is 1. The summed E-state index contributed by atoms with van der Waals surface area (Å²) >= 11 is 1.47. The Kier molecular flexibility index (Phi) is 15.5. The van der Waals surface area contributed by atoms with Crippen LogP contribution >= 0.6 is 11.8 Å². The van der Waals surface area contributed by atoms with Crippen molar-refractivity contribution in [2.75, 3.05) is 11.5 Å². The molecule has 0 saturated heterocycles. The van der Waals surface area contributed by atoms with Crippen molar-refractivity contribution in [3.63, 3.8) is 0 Å². The van der Waals surface area contributed by atoms with E-state index in [-0.39, 0.29) is 19.6 Å². The van der Waals surface area contributed by atoms with E-state index in [0.717, 1.165) is 11.1 Å². The van der Waals surface area contributed by atoms with Crippen LogP contribution in [0.2, 0.25) is 0 Å². The van der Waals surface area contributed by atoms with E-state index >= 15 is 0 Å². The fourth-order valence-corrected chi connectivity index (χ4v) is 4.92. The number of carbonyl (C=O) groups excluding carboxylic acids is 3. The molecule has 0 aliphatic carbocycles. The van der Waals surface area contributed by atoms with Gasteiger partial charge >= 0.3 is 12.1 Å². The van der Waals surface area contributed by atoms with Crippen molar-refractivity contribution < 1.29 is 38.2 Å². The lowest BCUT2D eigenvalue weighted by Crippen LogP contribution is -2.48. The number of hydroxylamine groups is 1. The zero-order valence-corrected chi connectivity index (χ0v) is 29.5. The summed E-state index contributed by atoms with van der Waals surface area (Å²) in [5, 5.41) is 2.66. The van der Waals surface area contributed by atoms with Gasteiger partial charge in [0.1, 0.15) is 23.3 Å². The molecule has 2 amide bonds. The number of amides is 2. The lowest BCUT2D eigenvalue weighted by atomic mass is 10.1. The van der Waals surface area contributed by atoms with Crippen LogP contribution in [0.4, 0.5) is 4.79 Å². The minimum absolute atomic E-state index is 0.185. The average molecular weight is 661 g/mol. The van der Waals surface area contributed by atoms with Gasteiger partial charge in [-0.15, -0.1) is 0 Å². The van der Waals surface area contributed by atoms with Gasteiger partial charge in [-0.25, -0.2) is 15.1 Å². The first kappa shape index (κ1) is 39.1. The Hall–Kier alpha value is -3.12. The van der Waals surface area contributed by atoms with Gasteiger partial charge in [-0.2, -0.15) is 11.8 Å². The minimum Gasteiger partial charge on any atom is -0.458 e. The van der Waals surface area contributed by atoms with Crippen LogP contribution in [0.5, 0.6) is 0 Å². The van der Waals surface area contributed by atoms with Crippen LogP contribution in [0.15, 0.2) is 60.7 Å². The first-order chi connectivity index (χ1) is 21.4. The number of alkyl carbamates (subject to hydrolysis) is 1. The summed E-state index contributed by atoms with van der Waals surface area (Å²) in [6.07, 6.45) is -2.14. The van der Waals surface area contributed by atoms with Gasteiger partial charge in [0.15, 0.2) is 6.10 Å². The summed E-state index contributed by atoms with van der Waals surface area (Å²) in [7, 11) is 0. The number of rotatable bonds is 16. The third-order valence-electron chi connectivity index (χ3n) is 5.85. The van der Waals surface area contributed by atoms with Gasteiger partial charge in [-0.3, -0.25) is 9.63 Å². The molecule has 3 atom stereocenters. The number of thioether (sulfide) groups is 1. The van der Waals surface area contributed by atoms with Gasteiger partial charge in [0.05, 0.1) is 18.8 Å². The second-order valence-electron chi connectivity index (χ2n) is 13.8. The molecule has 2 N–H and O–H groups in total. The summed E-state index contributed by atoms with van der Waals surface area (Å²) in [6.45, 7) is 16.5. The fourth-order valence-electron chi connectivity index (χ4n) is 3.85. The molecule has 0 radical (unpaired) electrons. The zero-order valence-electron chi connectivity index (χ0n) is 28.7. The van der Waals surface area contributed by atoms with Gasteiger partial charge in [0.25, 0.3) is 5.91 Å². The average Bonchev–Trinajstić information content (AvgIpc) is 2.94. The van der Waals surface area contributed by atoms with E-state index in [1.807, 2.05) is 81.4 Å². The van der Waals surface area contributed by atoms with Gasteiger partial charge in [-0.1, -0.05) is 60.7 Å². The molecule has 0 fully saturated rings. The Bertz CT molecular complexity index is 1210. The Morgan fingerprint density at radius 3 is 1.74 bits per heavy atom. The fraction of sp³-hybridized carbons (Fsp3) is 0.571. The molecule has 0 saturated carbocycles. The molecule has 0 bridgehead atoms. The van der Waals surface area contributed by atoms with Gasteiger partial charge in [0, 0.05) is 5.75 Å². The van der Waals surface area contributed by atoms with E-state index in [1.165, 1.54) is 11.8 Å². The third kappa shape index (κ3) is 17.0. The highest BCUT2D eigenvalue weighted by atomic mass is 32.2. The molecular weight excluding hydrogens is 608 g/mol. The Labute approximate surface area is 278 Å². The van der Waals surface area contributed by atoms with E-state index in [0.29, 0.717) is 11.5 Å². The van der Waals surface area contributed by atoms with Gasteiger partial charge < -0.3 is 24.3 Å². The standard InChI is InChI=1S/C35H52N2O8S/c1-33(2,3)43-31(39)27(36-32(40)44-34(4,5)6)20-21-46-24-28(41-22-25-16-12-10-13-17-25)29(30(38)37-45-35(7,8)9)42-23-26-18-14-11-15-19-26/h10-19,27-29H,20-24H2,1-9H3,(H,36,40)(H,37,38)/t27-,28+,29+/m0/s1. The molecule has 0 unspecified atom stereocenters. The van der Waals surface area contributed by atoms with Crippen molar-refractivity contribution in [2.24, 2.45) is 0 Å². The lowest BCUT2D eigenvalue weighted by molar-refractivity contribution is -0.167. The van der Waals surface area contributed by atoms with E-state index in [2.05, 4.69) is 10.8 Å². The molecule has 0 aliphatic rings. The maximum Gasteiger partial charge on any atom is 0.408 e. The minimum atomic E-state index is -1.01. The molecule has 46 heavy (non-hydrogen) atoms. The van der Waals surface area contributed by atoms with Crippen molar-refractivity contribution in [3.8, 4) is 0 Å². The van der Waals surface area contributed by atoms with Crippen LogP contribution in [0.1, 0.15) is 79.9 Å². The molecule has 11 heteroatoms. The largest absolute Gasteiger partial charge is 0.458 e. The van der Waals surface area contributed by atoms with Crippen LogP contribution in [0, 0.1) is 0 Å². The number of hydrogen-bond acceptors (Lipinski definition) is 9. The molecule has 2 rings (SSSR count). The van der Waals surface area contributed by atoms with E-state index in [4.69, 9.17) is 23.8 Å². The summed E-state index contributed by atoms with van der Waals surface area (Å²) in [5.41, 5.74) is 2.31. The summed E-state index contributed by atoms with van der Waals surface area (Å²) in [6, 6.07) is 18.3. The summed E-state index contributed by atoms with van der Waals surface area (Å²) < 4.78 is 23.5. The second kappa shape index (κ2) is 18.3. The van der Waals surface area contributed by atoms with Crippen LogP contribution in [0.25, 0.3) is 0 Å². The van der Waals surface area contributed by atoms with E-state index in [9.17, 15) is 14.4 Å². The molecule has 0 heterocycles. The summed E-state index contributed by atoms with van der Waals surface area (Å²) in [5.74, 6) is -0.236. The third-order valence-corrected chi connectivity index (χ3v) is 6.94. The predicted molar refractivity (Wildman–Crippen MR) is 180 cm³/mol. The maximum absolute atomic E-state index is 13.5. The van der Waals surface area contributed by atoms with Crippen LogP contribution in [0.3, 0.4) is 0 Å². The van der Waals surface area contributed by atoms with Crippen LogP contribution in [-0.4, -0.2) is 64.5 Å². The van der Waals surface area contributed by atoms with Gasteiger partial charge in [-0.05, 0) is 85.6 Å². The molecule has 0 spiro atoms. The Balaban J connectivity index is 2.21. The zero-order chi connectivity index (χ0) is 34.4. The monoisotopic (exact) mass is 660 g/mol. The van der Waals surface area contributed by atoms with Crippen molar-refractivity contribution >= 4 is 29.7 Å². The highest BCUT2D eigenvalue weighted by molar-refractivity contribution is 7.99. The summed E-state index contributed by atoms with van der Waals surface area (Å²) in [4.78, 5) is 44.6. The highest BCUT2D eigenvalue weighted by Crippen LogP contribution is 2.20. The number of nitrogens with one attached hydrogen (secondary N) is 2. The number of benzene rings is 2.